The van der Waals surface area contributed by atoms with Crippen LogP contribution in [0.1, 0.15) is 159 Å². The number of aliphatic carboxylic acids is 2. The van der Waals surface area contributed by atoms with Gasteiger partial charge in [0, 0.05) is 19.4 Å². The second-order valence-electron chi connectivity index (χ2n) is 24.8. The fraction of sp³-hybridized carbons (Fsp3) is 0.733. The normalized spacial score (nSPS) is 16.9. The van der Waals surface area contributed by atoms with E-state index < -0.39 is 218 Å². The Morgan fingerprint density at radius 1 is 0.474 bits per heavy atom. The molecule has 1 heterocycles. The number of carbonyl (C=O) groups excluding carboxylic acids is 14. The Hall–Kier alpha value is -8.60. The molecule has 0 radical (unpaired) electrons. The van der Waals surface area contributed by atoms with Crippen LogP contribution in [0.3, 0.4) is 0 Å². The van der Waals surface area contributed by atoms with E-state index in [0.717, 1.165) is 0 Å². The van der Waals surface area contributed by atoms with Gasteiger partial charge in [-0.15, -0.1) is 0 Å². The first-order valence-electron chi connectivity index (χ1n) is 32.1. The average molecular weight is 1350 g/mol. The quantitative estimate of drug-likeness (QED) is 0.0253. The van der Waals surface area contributed by atoms with Gasteiger partial charge in [0.2, 0.25) is 82.7 Å². The van der Waals surface area contributed by atoms with E-state index >= 15 is 0 Å². The molecule has 14 atom stereocenters. The molecule has 0 unspecified atom stereocenters. The highest BCUT2D eigenvalue weighted by Gasteiger charge is 2.41. The first-order chi connectivity index (χ1) is 44.5. The van der Waals surface area contributed by atoms with Crippen molar-refractivity contribution in [2.24, 2.45) is 46.6 Å². The van der Waals surface area contributed by atoms with E-state index in [1.807, 2.05) is 0 Å². The van der Waals surface area contributed by atoms with Crippen LogP contribution in [0.25, 0.3) is 0 Å². The Labute approximate surface area is 552 Å². The van der Waals surface area contributed by atoms with E-state index in [9.17, 15) is 86.9 Å². The monoisotopic (exact) mass is 1350 g/mol. The number of primary amides is 2. The molecule has 0 bridgehead atoms. The van der Waals surface area contributed by atoms with E-state index in [1.54, 1.807) is 48.5 Å². The van der Waals surface area contributed by atoms with Crippen molar-refractivity contribution >= 4 is 94.6 Å². The number of hydrogen-bond acceptors (Lipinski definition) is 19. The minimum Gasteiger partial charge on any atom is -0.481 e. The second-order valence-corrected chi connectivity index (χ2v) is 24.8. The predicted octanol–water partition coefficient (Wildman–Crippen LogP) is -5.30. The maximum Gasteiger partial charge on any atom is 0.326 e. The maximum atomic E-state index is 14.4. The lowest BCUT2D eigenvalue weighted by Crippen LogP contribution is -2.61. The second kappa shape index (κ2) is 42.7. The number of rotatable bonds is 45. The molecule has 0 aromatic rings. The van der Waals surface area contributed by atoms with Crippen LogP contribution in [0, 0.1) is 23.7 Å². The van der Waals surface area contributed by atoms with E-state index in [1.165, 1.54) is 25.7 Å². The fourth-order valence-electron chi connectivity index (χ4n) is 9.96. The van der Waals surface area contributed by atoms with Gasteiger partial charge in [0.1, 0.15) is 72.5 Å². The highest BCUT2D eigenvalue weighted by atomic mass is 16.4. The fourth-order valence-corrected chi connectivity index (χ4v) is 9.96. The van der Waals surface area contributed by atoms with E-state index in [0.29, 0.717) is 25.7 Å². The standard InChI is InChI=1S/C60H104N16O19/c1-11-31(7)47(74-49(83)33(9)65-45(80)27-62)58(92)73-41(28-77)55(89)71-38(24-29(3)4)52(86)66-34(10)59(93)76-23-15-17-42(76)56(90)68-35(16-13-14-22-61)50(84)70-39(25-30(5)6)53(87)67-36(18-20-43(63)78)51(85)75-48(32(8)12-2)57(91)72-40(26-44(64)79)54(88)69-37(60(94)95)19-21-46(81)82/h29-42,47-48,77H,11-28,61-62H2,1-10H3,(H2,63,78)(H2,64,79)(H,65,80)(H,66,86)(H,67,87)(H,68,90)(H,69,88)(H,70,84)(H,71,89)(H,72,91)(H,73,92)(H,74,83)(H,75,85)(H,81,82)(H,94,95)/t31-,32-,33-,34-,35-,36-,37+,38-,39-,40-,41-,42-,47-,48-/m0/s1. The number of carbonyl (C=O) groups is 16. The third-order valence-electron chi connectivity index (χ3n) is 15.8. The molecular formula is C60H104N16O19. The number of aliphatic hydroxyl groups is 1. The number of hydrogen-bond donors (Lipinski definition) is 18. The molecular weight excluding hydrogens is 1250 g/mol. The van der Waals surface area contributed by atoms with Gasteiger partial charge in [-0.2, -0.15) is 0 Å². The van der Waals surface area contributed by atoms with Crippen LogP contribution in [0.4, 0.5) is 0 Å². The molecule has 538 valence electrons. The summed E-state index contributed by atoms with van der Waals surface area (Å²) < 4.78 is 0. The van der Waals surface area contributed by atoms with Gasteiger partial charge in [-0.3, -0.25) is 71.9 Å². The summed E-state index contributed by atoms with van der Waals surface area (Å²) in [6, 6.07) is -17.2. The largest absolute Gasteiger partial charge is 0.481 e. The molecule has 14 amide bonds. The summed E-state index contributed by atoms with van der Waals surface area (Å²) in [5.41, 5.74) is 21.9. The zero-order valence-electron chi connectivity index (χ0n) is 56.1. The number of nitrogens with one attached hydrogen (secondary N) is 11. The van der Waals surface area contributed by atoms with Gasteiger partial charge in [0.15, 0.2) is 0 Å². The number of aliphatic hydroxyl groups excluding tert-OH is 1. The number of likely N-dealkylation sites (tertiary alicyclic amines) is 1. The lowest BCUT2D eigenvalue weighted by molar-refractivity contribution is -0.143. The molecule has 22 N–H and O–H groups in total. The minimum atomic E-state index is -1.82. The van der Waals surface area contributed by atoms with Crippen molar-refractivity contribution in [2.45, 2.75) is 232 Å². The van der Waals surface area contributed by atoms with E-state index in [-0.39, 0.29) is 63.6 Å². The Kier molecular flexibility index (Phi) is 37.9. The molecule has 0 aliphatic carbocycles. The number of unbranched alkanes of at least 4 members (excludes halogenated alkanes) is 1. The smallest absolute Gasteiger partial charge is 0.326 e. The van der Waals surface area contributed by atoms with Crippen LogP contribution >= 0.6 is 0 Å². The molecule has 0 spiro atoms. The molecule has 0 aromatic heterocycles. The number of nitrogens with zero attached hydrogens (tertiary/aromatic N) is 1. The third kappa shape index (κ3) is 30.1. The number of carboxylic acid groups (broad SMARTS) is 2. The SMILES string of the molecule is CC[C@H](C)[C@H](NC(=O)[C@H](C)NC(=O)CN)C(=O)N[C@@H](CO)C(=O)N[C@@H](CC(C)C)C(=O)N[C@@H](C)C(=O)N1CCC[C@H]1C(=O)N[C@@H](CCCCN)C(=O)N[C@@H](CC(C)C)C(=O)N[C@@H](CCC(N)=O)C(=O)N[C@H](C(=O)N[C@@H](CC(N)=O)C(=O)N[C@H](CCC(=O)O)C(=O)O)[C@@H](C)CC. The molecule has 1 fully saturated rings. The predicted molar refractivity (Wildman–Crippen MR) is 341 cm³/mol. The van der Waals surface area contributed by atoms with Crippen LogP contribution in [0.2, 0.25) is 0 Å². The lowest BCUT2D eigenvalue weighted by atomic mass is 9.96. The average Bonchev–Trinajstić information content (AvgIpc) is 1.80. The molecule has 1 aliphatic rings. The lowest BCUT2D eigenvalue weighted by Gasteiger charge is -2.31. The van der Waals surface area contributed by atoms with Crippen molar-refractivity contribution in [3.05, 3.63) is 0 Å². The van der Waals surface area contributed by atoms with Gasteiger partial charge in [0.25, 0.3) is 0 Å². The summed E-state index contributed by atoms with van der Waals surface area (Å²) in [7, 11) is 0. The van der Waals surface area contributed by atoms with Crippen molar-refractivity contribution in [3.8, 4) is 0 Å². The van der Waals surface area contributed by atoms with Gasteiger partial charge in [-0.25, -0.2) is 4.79 Å². The number of nitrogens with two attached hydrogens (primary N) is 4. The molecule has 35 heteroatoms. The van der Waals surface area contributed by atoms with Gasteiger partial charge in [-0.1, -0.05) is 68.2 Å². The molecule has 1 rings (SSSR count). The van der Waals surface area contributed by atoms with Crippen LogP contribution in [0.15, 0.2) is 0 Å². The van der Waals surface area contributed by atoms with Crippen molar-refractivity contribution < 1.29 is 92.0 Å². The zero-order valence-corrected chi connectivity index (χ0v) is 56.1. The summed E-state index contributed by atoms with van der Waals surface area (Å²) in [5.74, 6) is -17.4. The van der Waals surface area contributed by atoms with Gasteiger partial charge < -0.3 is 102 Å². The van der Waals surface area contributed by atoms with Crippen molar-refractivity contribution in [2.75, 3.05) is 26.2 Å². The Morgan fingerprint density at radius 3 is 1.39 bits per heavy atom. The van der Waals surface area contributed by atoms with Crippen molar-refractivity contribution in [1.82, 2.24) is 63.4 Å². The van der Waals surface area contributed by atoms with Gasteiger partial charge in [0.05, 0.1) is 19.6 Å². The Morgan fingerprint density at radius 2 is 0.916 bits per heavy atom. The van der Waals surface area contributed by atoms with Crippen molar-refractivity contribution in [3.63, 3.8) is 0 Å². The third-order valence-corrected chi connectivity index (χ3v) is 15.8. The molecule has 95 heavy (non-hydrogen) atoms. The number of carboxylic acids is 2. The molecule has 1 saturated heterocycles. The van der Waals surface area contributed by atoms with Gasteiger partial charge >= 0.3 is 11.9 Å². The minimum absolute atomic E-state index is 0.0119. The highest BCUT2D eigenvalue weighted by Crippen LogP contribution is 2.21. The topological polar surface area (TPSA) is 573 Å². The number of amides is 14. The summed E-state index contributed by atoms with van der Waals surface area (Å²) in [5, 5.41) is 56.2. The first kappa shape index (κ1) is 84.4. The summed E-state index contributed by atoms with van der Waals surface area (Å²) in [6.45, 7) is 15.2. The summed E-state index contributed by atoms with van der Waals surface area (Å²) in [4.78, 5) is 213. The molecule has 0 saturated carbocycles. The van der Waals surface area contributed by atoms with Crippen molar-refractivity contribution in [1.29, 1.82) is 0 Å². The highest BCUT2D eigenvalue weighted by molar-refractivity contribution is 6.00. The van der Waals surface area contributed by atoms with E-state index in [2.05, 4.69) is 58.5 Å². The molecule has 1 aliphatic heterocycles. The van der Waals surface area contributed by atoms with Gasteiger partial charge in [-0.05, 0) is 102 Å². The molecule has 0 aromatic carbocycles. The first-order valence-corrected chi connectivity index (χ1v) is 32.1. The van der Waals surface area contributed by atoms with Crippen LogP contribution in [-0.2, 0) is 76.7 Å². The summed E-state index contributed by atoms with van der Waals surface area (Å²) >= 11 is 0. The zero-order chi connectivity index (χ0) is 72.6. The Balaban J connectivity index is 3.46. The molecule has 35 nitrogen and oxygen atoms in total. The summed E-state index contributed by atoms with van der Waals surface area (Å²) in [6.07, 6.45) is -1.32. The Bertz CT molecular complexity index is 2680. The van der Waals surface area contributed by atoms with Crippen LogP contribution < -0.4 is 81.4 Å². The van der Waals surface area contributed by atoms with Crippen LogP contribution in [-0.4, -0.2) is 214 Å². The maximum absolute atomic E-state index is 14.4. The van der Waals surface area contributed by atoms with E-state index in [4.69, 9.17) is 28.0 Å². The van der Waals surface area contributed by atoms with Crippen LogP contribution in [0.5, 0.6) is 0 Å².